The number of hydrogen-bond acceptors (Lipinski definition) is 3. The zero-order valence-electron chi connectivity index (χ0n) is 11.8. The third-order valence-electron chi connectivity index (χ3n) is 4.58. The Morgan fingerprint density at radius 2 is 2.20 bits per heavy atom. The molecular weight excluding hydrogens is 254 g/mol. The minimum absolute atomic E-state index is 0.171. The number of rotatable bonds is 2. The monoisotopic (exact) mass is 275 g/mol. The van der Waals surface area contributed by atoms with Crippen molar-refractivity contribution in [3.8, 4) is 0 Å². The number of piperidine rings is 1. The molecule has 108 valence electrons. The topological polar surface area (TPSA) is 74.0 Å². The summed E-state index contributed by atoms with van der Waals surface area (Å²) in [7, 11) is 0. The van der Waals surface area contributed by atoms with Crippen LogP contribution in [0.2, 0.25) is 0 Å². The molecule has 1 spiro atoms. The number of aryl methyl sites for hydroxylation is 1. The van der Waals surface area contributed by atoms with E-state index in [9.17, 15) is 9.59 Å². The highest BCUT2D eigenvalue weighted by Gasteiger charge is 2.41. The number of H-pyrrole nitrogens is 1. The highest BCUT2D eigenvalue weighted by atomic mass is 16.2. The van der Waals surface area contributed by atoms with Crippen molar-refractivity contribution in [2.45, 2.75) is 50.6 Å². The molecule has 0 bridgehead atoms. The predicted molar refractivity (Wildman–Crippen MR) is 76.9 cm³/mol. The summed E-state index contributed by atoms with van der Waals surface area (Å²) in [4.78, 5) is 26.7. The smallest absolute Gasteiger partial charge is 0.260 e. The summed E-state index contributed by atoms with van der Waals surface area (Å²) in [6.07, 6.45) is 5.57. The number of aromatic nitrogens is 1. The van der Waals surface area contributed by atoms with E-state index in [0.717, 1.165) is 25.1 Å². The van der Waals surface area contributed by atoms with Crippen molar-refractivity contribution < 1.29 is 4.79 Å². The Balaban J connectivity index is 1.68. The van der Waals surface area contributed by atoms with Crippen LogP contribution in [0.4, 0.5) is 0 Å². The first kappa shape index (κ1) is 13.4. The molecule has 2 heterocycles. The van der Waals surface area contributed by atoms with Crippen molar-refractivity contribution in [3.05, 3.63) is 33.7 Å². The van der Waals surface area contributed by atoms with E-state index in [1.165, 1.54) is 19.3 Å². The summed E-state index contributed by atoms with van der Waals surface area (Å²) in [5.74, 6) is -0.257. The van der Waals surface area contributed by atoms with Crippen LogP contribution < -0.4 is 16.2 Å². The molecule has 0 radical (unpaired) electrons. The molecule has 1 aliphatic heterocycles. The van der Waals surface area contributed by atoms with Crippen molar-refractivity contribution >= 4 is 5.91 Å². The molecule has 1 saturated carbocycles. The van der Waals surface area contributed by atoms with Crippen molar-refractivity contribution in [1.29, 1.82) is 0 Å². The lowest BCUT2D eigenvalue weighted by Crippen LogP contribution is -2.59. The zero-order chi connectivity index (χ0) is 14.2. The minimum Gasteiger partial charge on any atom is -0.349 e. The van der Waals surface area contributed by atoms with Crippen molar-refractivity contribution in [2.75, 3.05) is 6.54 Å². The Morgan fingerprint density at radius 3 is 2.85 bits per heavy atom. The van der Waals surface area contributed by atoms with Gasteiger partial charge >= 0.3 is 0 Å². The van der Waals surface area contributed by atoms with Gasteiger partial charge in [0.05, 0.1) is 0 Å². The van der Waals surface area contributed by atoms with Gasteiger partial charge < -0.3 is 15.6 Å². The third-order valence-corrected chi connectivity index (χ3v) is 4.58. The molecule has 5 nitrogen and oxygen atoms in total. The number of hydrogen-bond donors (Lipinski definition) is 3. The van der Waals surface area contributed by atoms with Crippen LogP contribution in [0, 0.1) is 6.92 Å². The number of pyridine rings is 1. The molecule has 1 unspecified atom stereocenters. The first-order valence-electron chi connectivity index (χ1n) is 7.34. The second-order valence-corrected chi connectivity index (χ2v) is 6.11. The largest absolute Gasteiger partial charge is 0.349 e. The summed E-state index contributed by atoms with van der Waals surface area (Å²) >= 11 is 0. The third kappa shape index (κ3) is 2.50. The van der Waals surface area contributed by atoms with Gasteiger partial charge in [0.1, 0.15) is 5.56 Å². The van der Waals surface area contributed by atoms with Gasteiger partial charge in [0.15, 0.2) is 0 Å². The molecule has 0 aromatic carbocycles. The highest BCUT2D eigenvalue weighted by molar-refractivity contribution is 5.94. The van der Waals surface area contributed by atoms with Crippen molar-refractivity contribution in [2.24, 2.45) is 0 Å². The van der Waals surface area contributed by atoms with Crippen LogP contribution in [0.25, 0.3) is 0 Å². The maximum Gasteiger partial charge on any atom is 0.260 e. The summed E-state index contributed by atoms with van der Waals surface area (Å²) in [5, 5.41) is 6.59. The molecule has 1 aromatic rings. The van der Waals surface area contributed by atoms with Crippen molar-refractivity contribution in [3.63, 3.8) is 0 Å². The van der Waals surface area contributed by atoms with Gasteiger partial charge in [0.25, 0.3) is 11.5 Å². The van der Waals surface area contributed by atoms with Crippen LogP contribution in [0.1, 0.15) is 48.2 Å². The molecule has 1 saturated heterocycles. The second kappa shape index (κ2) is 5.05. The lowest BCUT2D eigenvalue weighted by atomic mass is 9.70. The zero-order valence-corrected chi connectivity index (χ0v) is 11.8. The number of carbonyl (C=O) groups excluding carboxylic acids is 1. The lowest BCUT2D eigenvalue weighted by molar-refractivity contribution is 0.0851. The molecule has 5 heteroatoms. The number of carbonyl (C=O) groups is 1. The van der Waals surface area contributed by atoms with Crippen LogP contribution in [0.3, 0.4) is 0 Å². The summed E-state index contributed by atoms with van der Waals surface area (Å²) in [5.41, 5.74) is 0.907. The van der Waals surface area contributed by atoms with E-state index in [1.807, 2.05) is 0 Å². The van der Waals surface area contributed by atoms with Gasteiger partial charge in [-0.3, -0.25) is 9.59 Å². The first-order valence-corrected chi connectivity index (χ1v) is 7.34. The summed E-state index contributed by atoms with van der Waals surface area (Å²) in [6.45, 7) is 2.74. The Labute approximate surface area is 118 Å². The van der Waals surface area contributed by atoms with E-state index in [0.29, 0.717) is 0 Å². The molecular formula is C15H21N3O2. The Morgan fingerprint density at radius 1 is 1.40 bits per heavy atom. The fourth-order valence-corrected chi connectivity index (χ4v) is 3.28. The van der Waals surface area contributed by atoms with Gasteiger partial charge in [-0.25, -0.2) is 0 Å². The van der Waals surface area contributed by atoms with E-state index in [4.69, 9.17) is 0 Å². The van der Waals surface area contributed by atoms with Gasteiger partial charge in [-0.2, -0.15) is 0 Å². The molecule has 20 heavy (non-hydrogen) atoms. The summed E-state index contributed by atoms with van der Waals surface area (Å²) < 4.78 is 0. The normalized spacial score (nSPS) is 24.1. The van der Waals surface area contributed by atoms with Gasteiger partial charge in [-0.1, -0.05) is 0 Å². The SMILES string of the molecule is Cc1ccc(C(=O)NC2CCNC3(CCC3)C2)c(=O)[nH]1. The molecule has 2 aliphatic rings. The van der Waals surface area contributed by atoms with Crippen LogP contribution in [-0.2, 0) is 0 Å². The maximum atomic E-state index is 12.2. The van der Waals surface area contributed by atoms with Crippen LogP contribution >= 0.6 is 0 Å². The van der Waals surface area contributed by atoms with Gasteiger partial charge in [-0.05, 0) is 57.7 Å². The number of aromatic amines is 1. The average Bonchev–Trinajstić information content (AvgIpc) is 2.37. The fourth-order valence-electron chi connectivity index (χ4n) is 3.28. The molecule has 3 N–H and O–H groups in total. The molecule has 3 rings (SSSR count). The highest BCUT2D eigenvalue weighted by Crippen LogP contribution is 2.38. The molecule has 2 fully saturated rings. The van der Waals surface area contributed by atoms with Crippen LogP contribution in [0.5, 0.6) is 0 Å². The Hall–Kier alpha value is -1.62. The quantitative estimate of drug-likeness (QED) is 0.756. The molecule has 1 aliphatic carbocycles. The molecule has 1 amide bonds. The van der Waals surface area contributed by atoms with Crippen molar-refractivity contribution in [1.82, 2.24) is 15.6 Å². The van der Waals surface area contributed by atoms with Gasteiger partial charge in [0.2, 0.25) is 0 Å². The van der Waals surface area contributed by atoms with E-state index in [2.05, 4.69) is 15.6 Å². The lowest BCUT2D eigenvalue weighted by Gasteiger charge is -2.48. The van der Waals surface area contributed by atoms with E-state index >= 15 is 0 Å². The first-order chi connectivity index (χ1) is 9.58. The molecule has 1 atom stereocenters. The van der Waals surface area contributed by atoms with Gasteiger partial charge in [-0.15, -0.1) is 0 Å². The van der Waals surface area contributed by atoms with E-state index in [1.54, 1.807) is 19.1 Å². The minimum atomic E-state index is -0.310. The maximum absolute atomic E-state index is 12.2. The van der Waals surface area contributed by atoms with Gasteiger partial charge in [0, 0.05) is 17.3 Å². The fraction of sp³-hybridized carbons (Fsp3) is 0.600. The molecule has 1 aromatic heterocycles. The summed E-state index contributed by atoms with van der Waals surface area (Å²) in [6, 6.07) is 3.53. The van der Waals surface area contributed by atoms with E-state index in [-0.39, 0.29) is 28.6 Å². The number of nitrogens with one attached hydrogen (secondary N) is 3. The van der Waals surface area contributed by atoms with E-state index < -0.39 is 0 Å². The van der Waals surface area contributed by atoms with Crippen LogP contribution in [-0.4, -0.2) is 29.0 Å². The van der Waals surface area contributed by atoms with Crippen LogP contribution in [0.15, 0.2) is 16.9 Å². The number of amides is 1. The standard InChI is InChI=1S/C15H21N3O2/c1-10-3-4-12(13(19)17-10)14(20)18-11-5-8-16-15(9-11)6-2-7-15/h3-4,11,16H,2,5-9H2,1H3,(H,17,19)(H,18,20). The Bertz CT molecular complexity index is 575. The second-order valence-electron chi connectivity index (χ2n) is 6.11. The average molecular weight is 275 g/mol. The predicted octanol–water partition coefficient (Wildman–Crippen LogP) is 1.09. The Kier molecular flexibility index (Phi) is 3.38.